The van der Waals surface area contributed by atoms with Gasteiger partial charge in [0.1, 0.15) is 6.10 Å². The molecule has 21 heavy (non-hydrogen) atoms. The minimum absolute atomic E-state index is 0.372. The number of nitrogens with one attached hydrogen (secondary N) is 1. The van der Waals surface area contributed by atoms with Crippen LogP contribution in [-0.2, 0) is 0 Å². The molecule has 0 spiro atoms. The molecule has 1 aromatic heterocycles. The van der Waals surface area contributed by atoms with Gasteiger partial charge in [0.05, 0.1) is 16.8 Å². The highest BCUT2D eigenvalue weighted by Crippen LogP contribution is 2.25. The second-order valence-corrected chi connectivity index (χ2v) is 5.51. The van der Waals surface area contributed by atoms with Crippen LogP contribution in [0.2, 0.25) is 0 Å². The molecule has 6 nitrogen and oxygen atoms in total. The number of aliphatic hydroxyl groups excluding tert-OH is 1. The van der Waals surface area contributed by atoms with Crippen LogP contribution in [0.3, 0.4) is 0 Å². The van der Waals surface area contributed by atoms with E-state index in [4.69, 9.17) is 10.5 Å². The largest absolute Gasteiger partial charge is 0.471 e. The molecule has 0 saturated heterocycles. The molecule has 0 aliphatic heterocycles. The normalized spacial score (nSPS) is 13.5. The van der Waals surface area contributed by atoms with E-state index in [1.165, 1.54) is 0 Å². The van der Waals surface area contributed by atoms with Gasteiger partial charge in [0.2, 0.25) is 11.8 Å². The summed E-state index contributed by atoms with van der Waals surface area (Å²) in [7, 11) is 0. The third-order valence-electron chi connectivity index (χ3n) is 2.86. The number of hydrogen-bond donors (Lipinski definition) is 3. The van der Waals surface area contributed by atoms with Gasteiger partial charge in [-0.05, 0) is 54.0 Å². The molecule has 2 rings (SSSR count). The highest BCUT2D eigenvalue weighted by atomic mass is 79.9. The number of halogens is 1. The summed E-state index contributed by atoms with van der Waals surface area (Å²) < 4.78 is 6.22. The number of aromatic nitrogens is 2. The van der Waals surface area contributed by atoms with E-state index in [1.54, 1.807) is 32.2 Å². The Balaban J connectivity index is 2.16. The lowest BCUT2D eigenvalue weighted by atomic mass is 10.3. The third-order valence-corrected chi connectivity index (χ3v) is 3.40. The first kappa shape index (κ1) is 15.5. The molecule has 2 atom stereocenters. The number of benzene rings is 1. The van der Waals surface area contributed by atoms with Crippen LogP contribution in [0, 0.1) is 0 Å². The summed E-state index contributed by atoms with van der Waals surface area (Å²) >= 11 is 3.33. The molecule has 0 fully saturated rings. The Kier molecular flexibility index (Phi) is 4.98. The Morgan fingerprint density at radius 2 is 1.95 bits per heavy atom. The van der Waals surface area contributed by atoms with Gasteiger partial charge in [0, 0.05) is 11.4 Å². The summed E-state index contributed by atoms with van der Waals surface area (Å²) in [4.78, 5) is 8.44. The van der Waals surface area contributed by atoms with Crippen molar-refractivity contribution in [2.24, 2.45) is 0 Å². The van der Waals surface area contributed by atoms with Crippen molar-refractivity contribution in [1.82, 2.24) is 9.97 Å². The van der Waals surface area contributed by atoms with Crippen molar-refractivity contribution >= 4 is 33.3 Å². The average Bonchev–Trinajstić information content (AvgIpc) is 2.45. The van der Waals surface area contributed by atoms with Crippen LogP contribution in [0.4, 0.5) is 17.3 Å². The maximum Gasteiger partial charge on any atom is 0.233 e. The molecule has 0 radical (unpaired) electrons. The van der Waals surface area contributed by atoms with Crippen molar-refractivity contribution in [3.8, 4) is 5.88 Å². The first-order valence-electron chi connectivity index (χ1n) is 6.45. The molecule has 0 amide bonds. The average molecular weight is 353 g/mol. The number of rotatable bonds is 5. The van der Waals surface area contributed by atoms with Gasteiger partial charge in [-0.1, -0.05) is 0 Å². The lowest BCUT2D eigenvalue weighted by molar-refractivity contribution is 0.0569. The van der Waals surface area contributed by atoms with Crippen LogP contribution in [0.1, 0.15) is 13.8 Å². The summed E-state index contributed by atoms with van der Waals surface area (Å²) in [6.07, 6.45) is 0.623. The molecular weight excluding hydrogens is 336 g/mol. The molecule has 112 valence electrons. The smallest absolute Gasteiger partial charge is 0.233 e. The van der Waals surface area contributed by atoms with Crippen LogP contribution in [0.25, 0.3) is 0 Å². The topological polar surface area (TPSA) is 93.3 Å². The van der Waals surface area contributed by atoms with Crippen LogP contribution in [0.5, 0.6) is 5.88 Å². The van der Waals surface area contributed by atoms with Crippen LogP contribution in [-0.4, -0.2) is 27.3 Å². The molecule has 7 heteroatoms. The number of nitrogens with two attached hydrogens (primary N) is 1. The van der Waals surface area contributed by atoms with Crippen LogP contribution in [0.15, 0.2) is 34.9 Å². The van der Waals surface area contributed by atoms with Crippen LogP contribution >= 0.6 is 15.9 Å². The highest BCUT2D eigenvalue weighted by molar-refractivity contribution is 9.10. The van der Waals surface area contributed by atoms with E-state index in [9.17, 15) is 5.11 Å². The molecule has 0 saturated carbocycles. The molecule has 0 aliphatic carbocycles. The van der Waals surface area contributed by atoms with Gasteiger partial charge in [-0.2, -0.15) is 4.98 Å². The number of anilines is 3. The summed E-state index contributed by atoms with van der Waals surface area (Å²) in [5.41, 5.74) is 7.15. The van der Waals surface area contributed by atoms with Gasteiger partial charge >= 0.3 is 0 Å². The maximum absolute atomic E-state index is 9.49. The monoisotopic (exact) mass is 352 g/mol. The molecule has 1 unspecified atom stereocenters. The van der Waals surface area contributed by atoms with E-state index in [-0.39, 0.29) is 6.10 Å². The molecule has 4 N–H and O–H groups in total. The molecule has 1 heterocycles. The number of ether oxygens (including phenoxy) is 1. The van der Waals surface area contributed by atoms with Crippen molar-refractivity contribution in [2.45, 2.75) is 26.1 Å². The van der Waals surface area contributed by atoms with E-state index >= 15 is 0 Å². The van der Waals surface area contributed by atoms with Crippen LogP contribution < -0.4 is 15.8 Å². The third kappa shape index (κ3) is 4.30. The standard InChI is InChI=1S/C14H17BrN4O2/c1-8(20)9(2)21-13-12(15)7-17-14(19-13)18-11-5-3-10(16)4-6-11/h3-9,20H,16H2,1-2H3,(H,17,18,19)/t8?,9-/m1/s1. The summed E-state index contributed by atoms with van der Waals surface area (Å²) in [5, 5.41) is 12.6. The SMILES string of the molecule is CC(O)[C@@H](C)Oc1nc(Nc2ccc(N)cc2)ncc1Br. The second-order valence-electron chi connectivity index (χ2n) is 4.66. The molecule has 0 aliphatic rings. The zero-order chi connectivity index (χ0) is 15.4. The molecule has 0 bridgehead atoms. The van der Waals surface area contributed by atoms with Crippen molar-refractivity contribution in [3.63, 3.8) is 0 Å². The van der Waals surface area contributed by atoms with Gasteiger partial charge in [-0.15, -0.1) is 0 Å². The van der Waals surface area contributed by atoms with Crippen molar-refractivity contribution in [3.05, 3.63) is 34.9 Å². The number of nitrogen functional groups attached to an aromatic ring is 1. The highest BCUT2D eigenvalue weighted by Gasteiger charge is 2.14. The van der Waals surface area contributed by atoms with Crippen molar-refractivity contribution in [2.75, 3.05) is 11.1 Å². The summed E-state index contributed by atoms with van der Waals surface area (Å²) in [6.45, 7) is 3.43. The van der Waals surface area contributed by atoms with E-state index in [1.807, 2.05) is 12.1 Å². The molecular formula is C14H17BrN4O2. The van der Waals surface area contributed by atoms with E-state index in [0.29, 0.717) is 22.0 Å². The van der Waals surface area contributed by atoms with Gasteiger partial charge in [-0.25, -0.2) is 4.98 Å². The Hall–Kier alpha value is -1.86. The quantitative estimate of drug-likeness (QED) is 0.716. The Labute approximate surface area is 131 Å². The molecule has 1 aromatic carbocycles. The van der Waals surface area contributed by atoms with Gasteiger partial charge in [-0.3, -0.25) is 0 Å². The lowest BCUT2D eigenvalue weighted by Crippen LogP contribution is -2.26. The Bertz CT molecular complexity index is 604. The minimum Gasteiger partial charge on any atom is -0.471 e. The predicted octanol–water partition coefficient (Wildman–Crippen LogP) is 2.71. The van der Waals surface area contributed by atoms with Gasteiger partial charge < -0.3 is 20.9 Å². The Morgan fingerprint density at radius 1 is 1.29 bits per heavy atom. The van der Waals surface area contributed by atoms with E-state index in [2.05, 4.69) is 31.2 Å². The van der Waals surface area contributed by atoms with Gasteiger partial charge in [0.25, 0.3) is 0 Å². The zero-order valence-corrected chi connectivity index (χ0v) is 13.3. The first-order chi connectivity index (χ1) is 9.95. The zero-order valence-electron chi connectivity index (χ0n) is 11.7. The number of hydrogen-bond acceptors (Lipinski definition) is 6. The second kappa shape index (κ2) is 6.73. The number of nitrogens with zero attached hydrogens (tertiary/aromatic N) is 2. The first-order valence-corrected chi connectivity index (χ1v) is 7.25. The fraction of sp³-hybridized carbons (Fsp3) is 0.286. The van der Waals surface area contributed by atoms with Gasteiger partial charge in [0.15, 0.2) is 0 Å². The van der Waals surface area contributed by atoms with Crippen molar-refractivity contribution in [1.29, 1.82) is 0 Å². The fourth-order valence-electron chi connectivity index (χ4n) is 1.46. The maximum atomic E-state index is 9.49. The molecule has 2 aromatic rings. The summed E-state index contributed by atoms with van der Waals surface area (Å²) in [6, 6.07) is 7.24. The Morgan fingerprint density at radius 3 is 2.57 bits per heavy atom. The van der Waals surface area contributed by atoms with E-state index in [0.717, 1.165) is 5.69 Å². The summed E-state index contributed by atoms with van der Waals surface area (Å²) in [5.74, 6) is 0.770. The fourth-order valence-corrected chi connectivity index (χ4v) is 1.75. The number of aliphatic hydroxyl groups is 1. The lowest BCUT2D eigenvalue weighted by Gasteiger charge is -2.17. The van der Waals surface area contributed by atoms with Crippen molar-refractivity contribution < 1.29 is 9.84 Å². The van der Waals surface area contributed by atoms with E-state index < -0.39 is 6.10 Å². The minimum atomic E-state index is -0.597. The predicted molar refractivity (Wildman–Crippen MR) is 85.6 cm³/mol.